The van der Waals surface area contributed by atoms with Crippen LogP contribution in [0.3, 0.4) is 0 Å². The Morgan fingerprint density at radius 1 is 1.14 bits per heavy atom. The van der Waals surface area contributed by atoms with Crippen LogP contribution in [0, 0.1) is 6.92 Å². The van der Waals surface area contributed by atoms with Gasteiger partial charge in [-0.2, -0.15) is 0 Å². The Bertz CT molecular complexity index is 904. The highest BCUT2D eigenvalue weighted by molar-refractivity contribution is 6.12. The molecule has 1 amide bonds. The number of ketones is 1. The van der Waals surface area contributed by atoms with E-state index in [1.807, 2.05) is 24.3 Å². The molecule has 0 spiro atoms. The van der Waals surface area contributed by atoms with Crippen molar-refractivity contribution in [3.8, 4) is 0 Å². The van der Waals surface area contributed by atoms with Gasteiger partial charge in [-0.25, -0.2) is 4.79 Å². The van der Waals surface area contributed by atoms with E-state index in [1.54, 1.807) is 19.9 Å². The predicted molar refractivity (Wildman–Crippen MR) is 108 cm³/mol. The number of Topliss-reactive ketones (excluding diaryl/α,β-unsaturated/α-hetero) is 1. The summed E-state index contributed by atoms with van der Waals surface area (Å²) in [5.74, 6) is -0.952. The fraction of sp³-hybridized carbons (Fsp3) is 0.318. The van der Waals surface area contributed by atoms with Crippen LogP contribution in [0.4, 0.5) is 5.88 Å². The summed E-state index contributed by atoms with van der Waals surface area (Å²) < 4.78 is 10.4. The van der Waals surface area contributed by atoms with E-state index in [9.17, 15) is 14.4 Å². The molecule has 148 valence electrons. The van der Waals surface area contributed by atoms with Gasteiger partial charge in [0.2, 0.25) is 5.88 Å². The van der Waals surface area contributed by atoms with Gasteiger partial charge in [-0.15, -0.1) is 0 Å². The number of furan rings is 1. The summed E-state index contributed by atoms with van der Waals surface area (Å²) in [6.45, 7) is 8.90. The Kier molecular flexibility index (Phi) is 6.93. The molecule has 0 saturated heterocycles. The van der Waals surface area contributed by atoms with Gasteiger partial charge < -0.3 is 9.15 Å². The predicted octanol–water partition coefficient (Wildman–Crippen LogP) is 4.74. The first kappa shape index (κ1) is 21.2. The second-order valence-electron chi connectivity index (χ2n) is 6.66. The molecular weight excluding hydrogens is 358 g/mol. The van der Waals surface area contributed by atoms with Crippen molar-refractivity contribution in [2.45, 2.75) is 40.5 Å². The van der Waals surface area contributed by atoms with Crippen molar-refractivity contribution in [1.29, 1.82) is 0 Å². The minimum Gasteiger partial charge on any atom is -0.462 e. The number of aryl methyl sites for hydroxylation is 1. The van der Waals surface area contributed by atoms with Crippen LogP contribution in [0.25, 0.3) is 6.08 Å². The van der Waals surface area contributed by atoms with Crippen molar-refractivity contribution in [1.82, 2.24) is 0 Å². The Morgan fingerprint density at radius 3 is 2.32 bits per heavy atom. The molecule has 0 radical (unpaired) electrons. The molecule has 0 aliphatic heterocycles. The van der Waals surface area contributed by atoms with E-state index in [-0.39, 0.29) is 35.2 Å². The molecule has 2 aromatic rings. The number of amides is 1. The number of ether oxygens (including phenoxy) is 1. The largest absolute Gasteiger partial charge is 0.462 e. The third kappa shape index (κ3) is 4.97. The van der Waals surface area contributed by atoms with Crippen LogP contribution in [0.1, 0.15) is 71.2 Å². The summed E-state index contributed by atoms with van der Waals surface area (Å²) in [5.41, 5.74) is 2.13. The zero-order chi connectivity index (χ0) is 20.8. The molecule has 6 heteroatoms. The van der Waals surface area contributed by atoms with E-state index < -0.39 is 11.9 Å². The maximum atomic E-state index is 12.3. The van der Waals surface area contributed by atoms with Gasteiger partial charge in [0.25, 0.3) is 5.91 Å². The van der Waals surface area contributed by atoms with Gasteiger partial charge in [0.05, 0.1) is 12.2 Å². The van der Waals surface area contributed by atoms with Crippen LogP contribution < -0.4 is 5.32 Å². The number of rotatable bonds is 7. The number of benzene rings is 1. The molecule has 2 rings (SSSR count). The molecular formula is C22H25NO5. The van der Waals surface area contributed by atoms with Gasteiger partial charge in [0, 0.05) is 6.08 Å². The van der Waals surface area contributed by atoms with E-state index in [2.05, 4.69) is 19.2 Å². The lowest BCUT2D eigenvalue weighted by molar-refractivity contribution is -0.111. The highest BCUT2D eigenvalue weighted by Gasteiger charge is 2.28. The molecule has 1 aromatic carbocycles. The second-order valence-corrected chi connectivity index (χ2v) is 6.66. The van der Waals surface area contributed by atoms with E-state index in [1.165, 1.54) is 18.6 Å². The molecule has 0 unspecified atom stereocenters. The molecule has 1 aromatic heterocycles. The molecule has 0 atom stereocenters. The molecule has 6 nitrogen and oxygen atoms in total. The van der Waals surface area contributed by atoms with Gasteiger partial charge in [0.1, 0.15) is 11.3 Å². The van der Waals surface area contributed by atoms with Crippen LogP contribution in [0.15, 0.2) is 34.8 Å². The molecule has 0 saturated carbocycles. The number of esters is 1. The molecule has 1 heterocycles. The van der Waals surface area contributed by atoms with Gasteiger partial charge in [-0.1, -0.05) is 38.1 Å². The van der Waals surface area contributed by atoms with Crippen LogP contribution in [-0.4, -0.2) is 24.3 Å². The van der Waals surface area contributed by atoms with Crippen molar-refractivity contribution >= 4 is 29.6 Å². The number of hydrogen-bond acceptors (Lipinski definition) is 5. The first-order valence-corrected chi connectivity index (χ1v) is 9.15. The average Bonchev–Trinajstić information content (AvgIpc) is 2.96. The molecule has 1 N–H and O–H groups in total. The third-order valence-electron chi connectivity index (χ3n) is 4.18. The first-order valence-electron chi connectivity index (χ1n) is 9.15. The fourth-order valence-corrected chi connectivity index (χ4v) is 2.77. The summed E-state index contributed by atoms with van der Waals surface area (Å²) >= 11 is 0. The number of nitrogens with one attached hydrogen (secondary N) is 1. The zero-order valence-electron chi connectivity index (χ0n) is 16.8. The summed E-state index contributed by atoms with van der Waals surface area (Å²) in [6.07, 6.45) is 3.00. The number of hydrogen-bond donors (Lipinski definition) is 1. The molecule has 28 heavy (non-hydrogen) atoms. The SMILES string of the molecule is CCOC(=O)c1c(NC(=O)/C=C/c2ccc(C(C)C)cc2)oc(C)c1C(C)=O. The second kappa shape index (κ2) is 9.17. The quantitative estimate of drug-likeness (QED) is 0.424. The van der Waals surface area contributed by atoms with Crippen LogP contribution in [0.2, 0.25) is 0 Å². The topological polar surface area (TPSA) is 85.6 Å². The maximum Gasteiger partial charge on any atom is 0.344 e. The van der Waals surface area contributed by atoms with Crippen LogP contribution >= 0.6 is 0 Å². The van der Waals surface area contributed by atoms with Gasteiger partial charge in [-0.3, -0.25) is 14.9 Å². The van der Waals surface area contributed by atoms with Gasteiger partial charge >= 0.3 is 5.97 Å². The van der Waals surface area contributed by atoms with Crippen molar-refractivity contribution in [2.24, 2.45) is 0 Å². The summed E-state index contributed by atoms with van der Waals surface area (Å²) in [4.78, 5) is 36.4. The molecule has 0 bridgehead atoms. The third-order valence-corrected chi connectivity index (χ3v) is 4.18. The Balaban J connectivity index is 2.22. The minimum absolute atomic E-state index is 0.0603. The Morgan fingerprint density at radius 2 is 1.79 bits per heavy atom. The van der Waals surface area contributed by atoms with Crippen molar-refractivity contribution < 1.29 is 23.5 Å². The number of carbonyl (C=O) groups is 3. The van der Waals surface area contributed by atoms with E-state index in [0.29, 0.717) is 5.92 Å². The van der Waals surface area contributed by atoms with E-state index >= 15 is 0 Å². The Labute approximate surface area is 164 Å². The van der Waals surface area contributed by atoms with Gasteiger partial charge in [-0.05, 0) is 43.9 Å². The summed E-state index contributed by atoms with van der Waals surface area (Å²) in [5, 5.41) is 2.52. The average molecular weight is 383 g/mol. The van der Waals surface area contributed by atoms with Crippen LogP contribution in [0.5, 0.6) is 0 Å². The smallest absolute Gasteiger partial charge is 0.344 e. The number of anilines is 1. The molecule has 0 fully saturated rings. The Hall–Kier alpha value is -3.15. The molecule has 0 aliphatic carbocycles. The molecule has 0 aliphatic rings. The minimum atomic E-state index is -0.715. The lowest BCUT2D eigenvalue weighted by atomic mass is 10.0. The fourth-order valence-electron chi connectivity index (χ4n) is 2.77. The lowest BCUT2D eigenvalue weighted by Gasteiger charge is -2.05. The summed E-state index contributed by atoms with van der Waals surface area (Å²) in [6, 6.07) is 7.87. The highest BCUT2D eigenvalue weighted by atomic mass is 16.5. The number of carbonyl (C=O) groups excluding carboxylic acids is 3. The van der Waals surface area contributed by atoms with Gasteiger partial charge in [0.15, 0.2) is 5.78 Å². The van der Waals surface area contributed by atoms with Crippen molar-refractivity contribution in [2.75, 3.05) is 11.9 Å². The maximum absolute atomic E-state index is 12.3. The van der Waals surface area contributed by atoms with Crippen molar-refractivity contribution in [3.05, 3.63) is 58.4 Å². The standard InChI is InChI=1S/C22H25NO5/c1-6-27-22(26)20-19(14(4)24)15(5)28-21(20)23-18(25)12-9-16-7-10-17(11-8-16)13(2)3/h7-13H,6H2,1-5H3,(H,23,25)/b12-9+. The van der Waals surface area contributed by atoms with E-state index in [4.69, 9.17) is 9.15 Å². The summed E-state index contributed by atoms with van der Waals surface area (Å²) in [7, 11) is 0. The van der Waals surface area contributed by atoms with Crippen molar-refractivity contribution in [3.63, 3.8) is 0 Å². The highest BCUT2D eigenvalue weighted by Crippen LogP contribution is 2.28. The zero-order valence-corrected chi connectivity index (χ0v) is 16.8. The van der Waals surface area contributed by atoms with Crippen LogP contribution in [-0.2, 0) is 9.53 Å². The van der Waals surface area contributed by atoms with E-state index in [0.717, 1.165) is 5.56 Å². The monoisotopic (exact) mass is 383 g/mol. The first-order chi connectivity index (χ1) is 13.2. The lowest BCUT2D eigenvalue weighted by Crippen LogP contribution is -2.14. The normalized spacial score (nSPS) is 11.1.